The van der Waals surface area contributed by atoms with E-state index in [9.17, 15) is 18.4 Å². The van der Waals surface area contributed by atoms with Gasteiger partial charge < -0.3 is 4.90 Å². The summed E-state index contributed by atoms with van der Waals surface area (Å²) in [4.78, 5) is 29.6. The second-order valence-electron chi connectivity index (χ2n) is 7.35. The van der Waals surface area contributed by atoms with Crippen molar-refractivity contribution in [3.05, 3.63) is 71.4 Å². The maximum absolute atomic E-state index is 13.4. The van der Waals surface area contributed by atoms with Gasteiger partial charge in [-0.05, 0) is 60.7 Å². The quantitative estimate of drug-likeness (QED) is 0.754. The third kappa shape index (κ3) is 3.19. The highest BCUT2D eigenvalue weighted by atomic mass is 19.1. The van der Waals surface area contributed by atoms with E-state index in [2.05, 4.69) is 6.92 Å². The van der Waals surface area contributed by atoms with Crippen molar-refractivity contribution in [2.45, 2.75) is 19.8 Å². The van der Waals surface area contributed by atoms with Gasteiger partial charge in [-0.25, -0.2) is 13.7 Å². The SMILES string of the molecule is CC1CCCN(C2=C(c3ccc(F)cc3)C(=O)N(c3ccc(F)cc3)C2=O)C1. The lowest BCUT2D eigenvalue weighted by Crippen LogP contribution is -2.39. The number of nitrogens with zero attached hydrogens (tertiary/aromatic N) is 2. The van der Waals surface area contributed by atoms with Crippen molar-refractivity contribution in [2.75, 3.05) is 18.0 Å². The molecule has 4 rings (SSSR count). The van der Waals surface area contributed by atoms with Crippen LogP contribution >= 0.6 is 0 Å². The topological polar surface area (TPSA) is 40.6 Å². The van der Waals surface area contributed by atoms with E-state index in [1.165, 1.54) is 48.5 Å². The smallest absolute Gasteiger partial charge is 0.282 e. The molecule has 2 aromatic rings. The first-order valence-corrected chi connectivity index (χ1v) is 9.35. The first-order chi connectivity index (χ1) is 13.5. The molecule has 2 aliphatic rings. The van der Waals surface area contributed by atoms with E-state index < -0.39 is 23.4 Å². The zero-order chi connectivity index (χ0) is 19.8. The first-order valence-electron chi connectivity index (χ1n) is 9.35. The average molecular weight is 382 g/mol. The molecule has 28 heavy (non-hydrogen) atoms. The van der Waals surface area contributed by atoms with Crippen LogP contribution in [0.15, 0.2) is 54.2 Å². The molecule has 2 aliphatic heterocycles. The molecule has 0 spiro atoms. The molecule has 0 saturated carbocycles. The van der Waals surface area contributed by atoms with Crippen molar-refractivity contribution < 1.29 is 18.4 Å². The van der Waals surface area contributed by atoms with Crippen LogP contribution in [0.1, 0.15) is 25.3 Å². The Labute approximate surface area is 162 Å². The number of carbonyl (C=O) groups excluding carboxylic acids is 2. The fourth-order valence-corrected chi connectivity index (χ4v) is 3.91. The number of hydrogen-bond donors (Lipinski definition) is 0. The molecule has 1 saturated heterocycles. The van der Waals surface area contributed by atoms with Crippen LogP contribution in [0.5, 0.6) is 0 Å². The van der Waals surface area contributed by atoms with E-state index in [0.717, 1.165) is 17.7 Å². The molecule has 1 atom stereocenters. The lowest BCUT2D eigenvalue weighted by molar-refractivity contribution is -0.120. The van der Waals surface area contributed by atoms with Gasteiger partial charge in [-0.3, -0.25) is 9.59 Å². The Morgan fingerprint density at radius 2 is 1.50 bits per heavy atom. The number of likely N-dealkylation sites (tertiary alicyclic amines) is 1. The predicted octanol–water partition coefficient (Wildman–Crippen LogP) is 3.98. The van der Waals surface area contributed by atoms with E-state index >= 15 is 0 Å². The maximum Gasteiger partial charge on any atom is 0.282 e. The van der Waals surface area contributed by atoms with Crippen molar-refractivity contribution in [1.29, 1.82) is 0 Å². The number of halogens is 2. The van der Waals surface area contributed by atoms with Crippen LogP contribution in [0.3, 0.4) is 0 Å². The Balaban J connectivity index is 1.82. The van der Waals surface area contributed by atoms with E-state index in [1.807, 2.05) is 4.90 Å². The highest BCUT2D eigenvalue weighted by Gasteiger charge is 2.43. The number of imide groups is 1. The molecule has 0 radical (unpaired) electrons. The summed E-state index contributed by atoms with van der Waals surface area (Å²) in [6.45, 7) is 3.47. The number of rotatable bonds is 3. The summed E-state index contributed by atoms with van der Waals surface area (Å²) in [7, 11) is 0. The molecule has 0 N–H and O–H groups in total. The second kappa shape index (κ2) is 7.19. The summed E-state index contributed by atoms with van der Waals surface area (Å²) in [5.74, 6) is -1.36. The van der Waals surface area contributed by atoms with Crippen LogP contribution in [0, 0.1) is 17.6 Å². The lowest BCUT2D eigenvalue weighted by Gasteiger charge is -2.33. The average Bonchev–Trinajstić information content (AvgIpc) is 2.94. The van der Waals surface area contributed by atoms with Crippen LogP contribution in [0.4, 0.5) is 14.5 Å². The molecule has 4 nitrogen and oxygen atoms in total. The van der Waals surface area contributed by atoms with Crippen LogP contribution in [0.25, 0.3) is 5.57 Å². The zero-order valence-electron chi connectivity index (χ0n) is 15.5. The molecule has 2 aromatic carbocycles. The van der Waals surface area contributed by atoms with Gasteiger partial charge in [0.2, 0.25) is 0 Å². The van der Waals surface area contributed by atoms with E-state index in [0.29, 0.717) is 36.0 Å². The Bertz CT molecular complexity index is 952. The molecular weight excluding hydrogens is 362 g/mol. The normalized spacial score (nSPS) is 20.3. The number of piperidine rings is 1. The zero-order valence-corrected chi connectivity index (χ0v) is 15.5. The summed E-state index contributed by atoms with van der Waals surface area (Å²) < 4.78 is 26.7. The van der Waals surface area contributed by atoms with E-state index in [4.69, 9.17) is 0 Å². The minimum atomic E-state index is -0.476. The molecular formula is C22H20F2N2O2. The lowest BCUT2D eigenvalue weighted by atomic mass is 9.98. The number of anilines is 1. The molecule has 1 unspecified atom stereocenters. The number of carbonyl (C=O) groups is 2. The summed E-state index contributed by atoms with van der Waals surface area (Å²) in [5, 5.41) is 0. The molecule has 144 valence electrons. The minimum Gasteiger partial charge on any atom is -0.366 e. The Hall–Kier alpha value is -3.02. The van der Waals surface area contributed by atoms with Gasteiger partial charge in [0.1, 0.15) is 17.3 Å². The highest BCUT2D eigenvalue weighted by Crippen LogP contribution is 2.36. The van der Waals surface area contributed by atoms with Gasteiger partial charge in [-0.15, -0.1) is 0 Å². The Morgan fingerprint density at radius 3 is 2.11 bits per heavy atom. The predicted molar refractivity (Wildman–Crippen MR) is 102 cm³/mol. The molecule has 0 bridgehead atoms. The Kier molecular flexibility index (Phi) is 4.71. The third-order valence-corrected chi connectivity index (χ3v) is 5.25. The van der Waals surface area contributed by atoms with E-state index in [-0.39, 0.29) is 5.57 Å². The summed E-state index contributed by atoms with van der Waals surface area (Å²) in [6, 6.07) is 10.8. The monoisotopic (exact) mass is 382 g/mol. The van der Waals surface area contributed by atoms with Crippen LogP contribution < -0.4 is 4.90 Å². The molecule has 2 amide bonds. The fraction of sp³-hybridized carbons (Fsp3) is 0.273. The highest BCUT2D eigenvalue weighted by molar-refractivity contribution is 6.45. The number of benzene rings is 2. The molecule has 0 aromatic heterocycles. The summed E-state index contributed by atoms with van der Waals surface area (Å²) >= 11 is 0. The third-order valence-electron chi connectivity index (χ3n) is 5.25. The fourth-order valence-electron chi connectivity index (χ4n) is 3.91. The molecule has 2 heterocycles. The standard InChI is InChI=1S/C22H20F2N2O2/c1-14-3-2-12-25(13-14)20-19(15-4-6-16(23)7-5-15)21(27)26(22(20)28)18-10-8-17(24)9-11-18/h4-11,14H,2-3,12-13H2,1H3. The number of hydrogen-bond acceptors (Lipinski definition) is 3. The van der Waals surface area contributed by atoms with Crippen molar-refractivity contribution >= 4 is 23.1 Å². The van der Waals surface area contributed by atoms with Crippen molar-refractivity contribution in [1.82, 2.24) is 4.90 Å². The van der Waals surface area contributed by atoms with E-state index in [1.54, 1.807) is 0 Å². The number of amides is 2. The minimum absolute atomic E-state index is 0.267. The maximum atomic E-state index is 13.4. The van der Waals surface area contributed by atoms with Crippen molar-refractivity contribution in [3.63, 3.8) is 0 Å². The molecule has 0 aliphatic carbocycles. The second-order valence-corrected chi connectivity index (χ2v) is 7.35. The van der Waals surface area contributed by atoms with Crippen molar-refractivity contribution in [2.24, 2.45) is 5.92 Å². The summed E-state index contributed by atoms with van der Waals surface area (Å²) in [5.41, 5.74) is 1.42. The largest absolute Gasteiger partial charge is 0.366 e. The van der Waals surface area contributed by atoms with Gasteiger partial charge in [0, 0.05) is 13.1 Å². The van der Waals surface area contributed by atoms with Gasteiger partial charge in [0.15, 0.2) is 0 Å². The van der Waals surface area contributed by atoms with Crippen LogP contribution in [-0.4, -0.2) is 29.8 Å². The Morgan fingerprint density at radius 1 is 0.893 bits per heavy atom. The molecule has 1 fully saturated rings. The van der Waals surface area contributed by atoms with Crippen LogP contribution in [0.2, 0.25) is 0 Å². The summed E-state index contributed by atoms with van der Waals surface area (Å²) in [6.07, 6.45) is 2.00. The molecule has 6 heteroatoms. The van der Waals surface area contributed by atoms with Gasteiger partial charge in [0.25, 0.3) is 11.8 Å². The van der Waals surface area contributed by atoms with Crippen molar-refractivity contribution in [3.8, 4) is 0 Å². The first kappa shape index (κ1) is 18.3. The van der Waals surface area contributed by atoms with Gasteiger partial charge >= 0.3 is 0 Å². The van der Waals surface area contributed by atoms with Gasteiger partial charge in [-0.2, -0.15) is 0 Å². The van der Waals surface area contributed by atoms with Gasteiger partial charge in [-0.1, -0.05) is 19.1 Å². The van der Waals surface area contributed by atoms with Crippen LogP contribution in [-0.2, 0) is 9.59 Å². The van der Waals surface area contributed by atoms with Gasteiger partial charge in [0.05, 0.1) is 11.3 Å².